The number of aromatic nitrogens is 5. The van der Waals surface area contributed by atoms with Crippen LogP contribution in [0.3, 0.4) is 0 Å². The fourth-order valence-electron chi connectivity index (χ4n) is 1.79. The van der Waals surface area contributed by atoms with Crippen molar-refractivity contribution in [3.63, 3.8) is 0 Å². The first kappa shape index (κ1) is 11.2. The number of fused-ring (bicyclic) bond motifs is 1. The summed E-state index contributed by atoms with van der Waals surface area (Å²) in [6.07, 6.45) is 1.74. The van der Waals surface area contributed by atoms with E-state index in [2.05, 4.69) is 20.2 Å². The monoisotopic (exact) mass is 260 g/mol. The zero-order valence-electron chi connectivity index (χ0n) is 10.1. The van der Waals surface area contributed by atoms with Crippen LogP contribution in [0.1, 0.15) is 16.4 Å². The van der Waals surface area contributed by atoms with Gasteiger partial charge in [-0.2, -0.15) is 0 Å². The molecule has 0 radical (unpaired) electrons. The molecule has 0 unspecified atom stereocenters. The van der Waals surface area contributed by atoms with E-state index in [0.717, 1.165) is 32.7 Å². The molecule has 2 N–H and O–H groups in total. The zero-order valence-corrected chi connectivity index (χ0v) is 10.9. The minimum Gasteiger partial charge on any atom is -0.325 e. The lowest BCUT2D eigenvalue weighted by atomic mass is 10.3. The van der Waals surface area contributed by atoms with Gasteiger partial charge in [0.2, 0.25) is 0 Å². The van der Waals surface area contributed by atoms with E-state index in [9.17, 15) is 0 Å². The molecular weight excluding hydrogens is 248 g/mol. The van der Waals surface area contributed by atoms with Crippen LogP contribution in [0.15, 0.2) is 12.4 Å². The summed E-state index contributed by atoms with van der Waals surface area (Å²) in [5.74, 6) is 0.771. The number of hydrogen-bond acceptors (Lipinski definition) is 6. The molecular formula is C11H12N6S. The summed E-state index contributed by atoms with van der Waals surface area (Å²) in [6.45, 7) is 4.33. The predicted molar refractivity (Wildman–Crippen MR) is 69.3 cm³/mol. The fourth-order valence-corrected chi connectivity index (χ4v) is 2.72. The molecule has 3 rings (SSSR count). The molecule has 18 heavy (non-hydrogen) atoms. The second-order valence-electron chi connectivity index (χ2n) is 4.01. The first-order valence-corrected chi connectivity index (χ1v) is 6.35. The van der Waals surface area contributed by atoms with Gasteiger partial charge in [0.15, 0.2) is 11.5 Å². The third-order valence-corrected chi connectivity index (χ3v) is 3.83. The van der Waals surface area contributed by atoms with Crippen LogP contribution in [-0.4, -0.2) is 24.6 Å². The summed E-state index contributed by atoms with van der Waals surface area (Å²) in [4.78, 5) is 9.66. The Labute approximate surface area is 108 Å². The maximum atomic E-state index is 5.61. The number of rotatable bonds is 2. The van der Waals surface area contributed by atoms with Gasteiger partial charge in [0.25, 0.3) is 0 Å². The molecule has 0 spiro atoms. The first-order valence-electron chi connectivity index (χ1n) is 5.53. The lowest BCUT2D eigenvalue weighted by molar-refractivity contribution is 1.02. The largest absolute Gasteiger partial charge is 0.325 e. The van der Waals surface area contributed by atoms with Gasteiger partial charge < -0.3 is 5.73 Å². The van der Waals surface area contributed by atoms with Gasteiger partial charge in [-0.15, -0.1) is 21.5 Å². The molecule has 3 aromatic heterocycles. The Morgan fingerprint density at radius 3 is 2.89 bits per heavy atom. The molecule has 0 atom stereocenters. The maximum absolute atomic E-state index is 5.61. The van der Waals surface area contributed by atoms with E-state index in [1.165, 1.54) is 0 Å². The topological polar surface area (TPSA) is 82.0 Å². The third-order valence-electron chi connectivity index (χ3n) is 2.66. The molecule has 0 aliphatic rings. The van der Waals surface area contributed by atoms with Crippen LogP contribution in [-0.2, 0) is 6.54 Å². The Balaban J connectivity index is 2.22. The Morgan fingerprint density at radius 2 is 2.17 bits per heavy atom. The summed E-state index contributed by atoms with van der Waals surface area (Å²) in [6, 6.07) is 1.90. The average molecular weight is 260 g/mol. The molecule has 0 aliphatic carbocycles. The Bertz CT molecular complexity index is 713. The normalized spacial score (nSPS) is 11.3. The summed E-state index contributed by atoms with van der Waals surface area (Å²) < 4.78 is 1.87. The van der Waals surface area contributed by atoms with Crippen molar-refractivity contribution in [2.75, 3.05) is 0 Å². The van der Waals surface area contributed by atoms with Gasteiger partial charge in [-0.25, -0.2) is 9.97 Å². The van der Waals surface area contributed by atoms with Crippen LogP contribution in [0.25, 0.3) is 16.3 Å². The van der Waals surface area contributed by atoms with Gasteiger partial charge in [-0.3, -0.25) is 4.40 Å². The lowest BCUT2D eigenvalue weighted by Crippen LogP contribution is -1.94. The van der Waals surface area contributed by atoms with Crippen molar-refractivity contribution >= 4 is 17.0 Å². The van der Waals surface area contributed by atoms with Crippen LogP contribution in [0.2, 0.25) is 0 Å². The lowest BCUT2D eigenvalue weighted by Gasteiger charge is -1.97. The van der Waals surface area contributed by atoms with E-state index < -0.39 is 0 Å². The minimum atomic E-state index is 0.444. The molecule has 0 aliphatic heterocycles. The highest BCUT2D eigenvalue weighted by Gasteiger charge is 2.15. The van der Waals surface area contributed by atoms with Crippen molar-refractivity contribution in [3.05, 3.63) is 28.8 Å². The molecule has 7 heteroatoms. The molecule has 3 aromatic rings. The average Bonchev–Trinajstić information content (AvgIpc) is 2.91. The molecule has 0 aromatic carbocycles. The molecule has 0 saturated carbocycles. The van der Waals surface area contributed by atoms with Gasteiger partial charge in [-0.05, 0) is 13.8 Å². The van der Waals surface area contributed by atoms with E-state index in [0.29, 0.717) is 6.54 Å². The van der Waals surface area contributed by atoms with Gasteiger partial charge in [0.1, 0.15) is 11.3 Å². The Kier molecular flexibility index (Phi) is 2.57. The van der Waals surface area contributed by atoms with Crippen LogP contribution in [0.4, 0.5) is 0 Å². The second kappa shape index (κ2) is 4.11. The SMILES string of the molecule is Cc1cc2nnc(-c3sc(CN)nc3C)n2cn1. The van der Waals surface area contributed by atoms with Gasteiger partial charge >= 0.3 is 0 Å². The van der Waals surface area contributed by atoms with E-state index in [-0.39, 0.29) is 0 Å². The third kappa shape index (κ3) is 1.68. The summed E-state index contributed by atoms with van der Waals surface area (Å²) in [7, 11) is 0. The van der Waals surface area contributed by atoms with Crippen molar-refractivity contribution < 1.29 is 0 Å². The molecule has 3 heterocycles. The summed E-state index contributed by atoms with van der Waals surface area (Å²) in [5.41, 5.74) is 8.25. The Hall–Kier alpha value is -1.86. The van der Waals surface area contributed by atoms with Crippen LogP contribution < -0.4 is 5.73 Å². The number of aryl methyl sites for hydroxylation is 2. The highest BCUT2D eigenvalue weighted by molar-refractivity contribution is 7.15. The molecule has 0 bridgehead atoms. The quantitative estimate of drug-likeness (QED) is 0.751. The van der Waals surface area contributed by atoms with Crippen molar-refractivity contribution in [2.24, 2.45) is 5.73 Å². The maximum Gasteiger partial charge on any atom is 0.181 e. The highest BCUT2D eigenvalue weighted by atomic mass is 32.1. The molecule has 0 fully saturated rings. The number of thiazole rings is 1. The second-order valence-corrected chi connectivity index (χ2v) is 5.09. The van der Waals surface area contributed by atoms with E-state index in [1.807, 2.05) is 24.3 Å². The van der Waals surface area contributed by atoms with Gasteiger partial charge in [-0.1, -0.05) is 0 Å². The summed E-state index contributed by atoms with van der Waals surface area (Å²) in [5, 5.41) is 9.27. The first-order chi connectivity index (χ1) is 8.69. The molecule has 92 valence electrons. The van der Waals surface area contributed by atoms with Crippen molar-refractivity contribution in [1.82, 2.24) is 24.6 Å². The zero-order chi connectivity index (χ0) is 12.7. The van der Waals surface area contributed by atoms with Crippen LogP contribution >= 0.6 is 11.3 Å². The fraction of sp³-hybridized carbons (Fsp3) is 0.273. The van der Waals surface area contributed by atoms with Gasteiger partial charge in [0, 0.05) is 18.3 Å². The number of nitrogens with two attached hydrogens (primary N) is 1. The van der Waals surface area contributed by atoms with Crippen molar-refractivity contribution in [1.29, 1.82) is 0 Å². The Morgan fingerprint density at radius 1 is 1.33 bits per heavy atom. The highest BCUT2D eigenvalue weighted by Crippen LogP contribution is 2.28. The predicted octanol–water partition coefficient (Wildman–Crippen LogP) is 1.32. The number of nitrogens with zero attached hydrogens (tertiary/aromatic N) is 5. The van der Waals surface area contributed by atoms with Crippen molar-refractivity contribution in [2.45, 2.75) is 20.4 Å². The molecule has 0 saturated heterocycles. The number of hydrogen-bond donors (Lipinski definition) is 1. The minimum absolute atomic E-state index is 0.444. The smallest absolute Gasteiger partial charge is 0.181 e. The molecule has 0 amide bonds. The van der Waals surface area contributed by atoms with E-state index in [1.54, 1.807) is 17.7 Å². The van der Waals surface area contributed by atoms with E-state index >= 15 is 0 Å². The van der Waals surface area contributed by atoms with Crippen molar-refractivity contribution in [3.8, 4) is 10.7 Å². The summed E-state index contributed by atoms with van der Waals surface area (Å²) >= 11 is 1.55. The van der Waals surface area contributed by atoms with E-state index in [4.69, 9.17) is 5.73 Å². The van der Waals surface area contributed by atoms with Crippen LogP contribution in [0, 0.1) is 13.8 Å². The van der Waals surface area contributed by atoms with Gasteiger partial charge in [0.05, 0.1) is 10.6 Å². The standard InChI is InChI=1S/C11H12N6S/c1-6-3-8-15-16-11(17(8)5-13-6)10-7(2)14-9(4-12)18-10/h3,5H,4,12H2,1-2H3. The van der Waals surface area contributed by atoms with Crippen LogP contribution in [0.5, 0.6) is 0 Å². The molecule has 6 nitrogen and oxygen atoms in total.